The molecule has 4 heteroatoms. The molecule has 0 radical (unpaired) electrons. The number of rotatable bonds is 5. The molecule has 1 saturated carbocycles. The molecule has 1 fully saturated rings. The van der Waals surface area contributed by atoms with Crippen LogP contribution in [0.1, 0.15) is 32.6 Å². The molecule has 2 atom stereocenters. The Bertz CT molecular complexity index is 208. The quantitative estimate of drug-likeness (QED) is 0.675. The zero-order valence-corrected chi connectivity index (χ0v) is 9.01. The molecule has 3 N–H and O–H groups in total. The van der Waals surface area contributed by atoms with Gasteiger partial charge in [-0.05, 0) is 26.3 Å². The van der Waals surface area contributed by atoms with Crippen LogP contribution in [0.5, 0.6) is 0 Å². The van der Waals surface area contributed by atoms with Gasteiger partial charge in [-0.25, -0.2) is 0 Å². The van der Waals surface area contributed by atoms with Crippen LogP contribution in [0.4, 0.5) is 0 Å². The standard InChI is InChI=1S/C10H20N2O2/c1-3-6-14-8-4-5-10(7-8,12-2)9(11)13/h8,12H,3-7H2,1-2H3,(H2,11,13). The maximum atomic E-state index is 11.3. The lowest BCUT2D eigenvalue weighted by molar-refractivity contribution is -0.124. The number of primary amides is 1. The van der Waals surface area contributed by atoms with Crippen LogP contribution in [-0.4, -0.2) is 31.2 Å². The van der Waals surface area contributed by atoms with Crippen LogP contribution < -0.4 is 11.1 Å². The minimum Gasteiger partial charge on any atom is -0.378 e. The highest BCUT2D eigenvalue weighted by molar-refractivity contribution is 5.85. The van der Waals surface area contributed by atoms with Crippen molar-refractivity contribution in [2.24, 2.45) is 5.73 Å². The maximum absolute atomic E-state index is 11.3. The van der Waals surface area contributed by atoms with E-state index >= 15 is 0 Å². The van der Waals surface area contributed by atoms with E-state index in [9.17, 15) is 4.79 Å². The first-order valence-corrected chi connectivity index (χ1v) is 5.25. The highest BCUT2D eigenvalue weighted by atomic mass is 16.5. The Morgan fingerprint density at radius 1 is 1.71 bits per heavy atom. The van der Waals surface area contributed by atoms with E-state index in [0.29, 0.717) is 6.42 Å². The third kappa shape index (κ3) is 2.25. The second kappa shape index (κ2) is 4.75. The molecular weight excluding hydrogens is 180 g/mol. The fraction of sp³-hybridized carbons (Fsp3) is 0.900. The monoisotopic (exact) mass is 200 g/mol. The molecular formula is C10H20N2O2. The van der Waals surface area contributed by atoms with E-state index in [1.54, 1.807) is 7.05 Å². The summed E-state index contributed by atoms with van der Waals surface area (Å²) in [5.41, 5.74) is 4.85. The van der Waals surface area contributed by atoms with Crippen molar-refractivity contribution >= 4 is 5.91 Å². The van der Waals surface area contributed by atoms with Gasteiger partial charge in [0.05, 0.1) is 11.6 Å². The van der Waals surface area contributed by atoms with Crippen molar-refractivity contribution in [1.82, 2.24) is 5.32 Å². The van der Waals surface area contributed by atoms with Crippen molar-refractivity contribution in [3.8, 4) is 0 Å². The predicted molar refractivity (Wildman–Crippen MR) is 54.9 cm³/mol. The van der Waals surface area contributed by atoms with E-state index < -0.39 is 5.54 Å². The minimum atomic E-state index is -0.529. The van der Waals surface area contributed by atoms with Gasteiger partial charge in [-0.15, -0.1) is 0 Å². The molecule has 4 nitrogen and oxygen atoms in total. The number of nitrogens with two attached hydrogens (primary N) is 1. The van der Waals surface area contributed by atoms with Gasteiger partial charge in [0.2, 0.25) is 5.91 Å². The maximum Gasteiger partial charge on any atom is 0.237 e. The van der Waals surface area contributed by atoms with Gasteiger partial charge in [0.1, 0.15) is 0 Å². The Balaban J connectivity index is 2.48. The number of ether oxygens (including phenoxy) is 1. The molecule has 2 unspecified atom stereocenters. The van der Waals surface area contributed by atoms with Crippen molar-refractivity contribution < 1.29 is 9.53 Å². The zero-order chi connectivity index (χ0) is 10.6. The summed E-state index contributed by atoms with van der Waals surface area (Å²) in [4.78, 5) is 11.3. The molecule has 0 aliphatic heterocycles. The van der Waals surface area contributed by atoms with Crippen molar-refractivity contribution in [2.45, 2.75) is 44.2 Å². The average molecular weight is 200 g/mol. The molecule has 0 aromatic carbocycles. The highest BCUT2D eigenvalue weighted by Gasteiger charge is 2.43. The van der Waals surface area contributed by atoms with Crippen LogP contribution in [0.25, 0.3) is 0 Å². The van der Waals surface area contributed by atoms with Crippen molar-refractivity contribution in [3.05, 3.63) is 0 Å². The molecule has 1 aliphatic carbocycles. The van der Waals surface area contributed by atoms with Crippen LogP contribution in [-0.2, 0) is 9.53 Å². The van der Waals surface area contributed by atoms with Crippen LogP contribution >= 0.6 is 0 Å². The molecule has 0 bridgehead atoms. The molecule has 1 amide bonds. The highest BCUT2D eigenvalue weighted by Crippen LogP contribution is 2.31. The van der Waals surface area contributed by atoms with Crippen molar-refractivity contribution in [3.63, 3.8) is 0 Å². The van der Waals surface area contributed by atoms with Gasteiger partial charge in [0.25, 0.3) is 0 Å². The minimum absolute atomic E-state index is 0.190. The van der Waals surface area contributed by atoms with Crippen molar-refractivity contribution in [2.75, 3.05) is 13.7 Å². The van der Waals surface area contributed by atoms with E-state index in [2.05, 4.69) is 12.2 Å². The molecule has 1 aliphatic rings. The molecule has 14 heavy (non-hydrogen) atoms. The van der Waals surface area contributed by atoms with Gasteiger partial charge in [-0.1, -0.05) is 6.92 Å². The van der Waals surface area contributed by atoms with Gasteiger partial charge in [0, 0.05) is 13.0 Å². The van der Waals surface area contributed by atoms with E-state index in [-0.39, 0.29) is 12.0 Å². The molecule has 0 saturated heterocycles. The first-order valence-electron chi connectivity index (χ1n) is 5.25. The molecule has 0 aromatic heterocycles. The molecule has 0 heterocycles. The van der Waals surface area contributed by atoms with Gasteiger partial charge in [0.15, 0.2) is 0 Å². The number of carbonyl (C=O) groups excluding carboxylic acids is 1. The molecule has 0 spiro atoms. The van der Waals surface area contributed by atoms with E-state index in [0.717, 1.165) is 25.9 Å². The first-order chi connectivity index (χ1) is 6.64. The Kier molecular flexibility index (Phi) is 3.89. The van der Waals surface area contributed by atoms with E-state index in [1.807, 2.05) is 0 Å². The number of nitrogens with one attached hydrogen (secondary N) is 1. The topological polar surface area (TPSA) is 64.3 Å². The summed E-state index contributed by atoms with van der Waals surface area (Å²) in [6.07, 6.45) is 3.62. The summed E-state index contributed by atoms with van der Waals surface area (Å²) in [5.74, 6) is -0.261. The Morgan fingerprint density at radius 3 is 2.86 bits per heavy atom. The van der Waals surface area contributed by atoms with Gasteiger partial charge in [-0.2, -0.15) is 0 Å². The third-order valence-corrected chi connectivity index (χ3v) is 2.98. The lowest BCUT2D eigenvalue weighted by Gasteiger charge is -2.24. The average Bonchev–Trinajstić information content (AvgIpc) is 2.59. The molecule has 0 aromatic rings. The lowest BCUT2D eigenvalue weighted by atomic mass is 9.97. The van der Waals surface area contributed by atoms with Crippen LogP contribution in [0.2, 0.25) is 0 Å². The number of carbonyl (C=O) groups is 1. The second-order valence-electron chi connectivity index (χ2n) is 3.93. The predicted octanol–water partition coefficient (Wildman–Crippen LogP) is 0.409. The fourth-order valence-corrected chi connectivity index (χ4v) is 2.00. The van der Waals surface area contributed by atoms with Gasteiger partial charge in [-0.3, -0.25) is 4.79 Å². The van der Waals surface area contributed by atoms with Crippen LogP contribution in [0.3, 0.4) is 0 Å². The van der Waals surface area contributed by atoms with E-state index in [1.165, 1.54) is 0 Å². The summed E-state index contributed by atoms with van der Waals surface area (Å²) in [6, 6.07) is 0. The second-order valence-corrected chi connectivity index (χ2v) is 3.93. The summed E-state index contributed by atoms with van der Waals surface area (Å²) in [6.45, 7) is 2.84. The number of hydrogen-bond donors (Lipinski definition) is 2. The third-order valence-electron chi connectivity index (χ3n) is 2.98. The summed E-state index contributed by atoms with van der Waals surface area (Å²) in [5, 5.41) is 3.03. The Hall–Kier alpha value is -0.610. The van der Waals surface area contributed by atoms with Gasteiger partial charge >= 0.3 is 0 Å². The van der Waals surface area contributed by atoms with Crippen molar-refractivity contribution in [1.29, 1.82) is 0 Å². The van der Waals surface area contributed by atoms with Crippen LogP contribution in [0, 0.1) is 0 Å². The fourth-order valence-electron chi connectivity index (χ4n) is 2.00. The Morgan fingerprint density at radius 2 is 2.43 bits per heavy atom. The van der Waals surface area contributed by atoms with Gasteiger partial charge < -0.3 is 15.8 Å². The van der Waals surface area contributed by atoms with Crippen LogP contribution in [0.15, 0.2) is 0 Å². The zero-order valence-electron chi connectivity index (χ0n) is 9.01. The first kappa shape index (κ1) is 11.5. The molecule has 1 rings (SSSR count). The SMILES string of the molecule is CCCOC1CCC(NC)(C(N)=O)C1. The number of likely N-dealkylation sites (N-methyl/N-ethyl adjacent to an activating group) is 1. The smallest absolute Gasteiger partial charge is 0.237 e. The molecule has 82 valence electrons. The Labute approximate surface area is 85.2 Å². The van der Waals surface area contributed by atoms with E-state index in [4.69, 9.17) is 10.5 Å². The number of hydrogen-bond acceptors (Lipinski definition) is 3. The summed E-state index contributed by atoms with van der Waals surface area (Å²) in [7, 11) is 1.78. The summed E-state index contributed by atoms with van der Waals surface area (Å²) >= 11 is 0. The number of amides is 1. The lowest BCUT2D eigenvalue weighted by Crippen LogP contribution is -2.52. The normalized spacial score (nSPS) is 32.0. The summed E-state index contributed by atoms with van der Waals surface area (Å²) < 4.78 is 5.61. The largest absolute Gasteiger partial charge is 0.378 e.